The summed E-state index contributed by atoms with van der Waals surface area (Å²) in [6.07, 6.45) is 6.46. The van der Waals surface area contributed by atoms with Crippen molar-refractivity contribution in [1.29, 1.82) is 0 Å². The van der Waals surface area contributed by atoms with E-state index in [9.17, 15) is 14.7 Å². The van der Waals surface area contributed by atoms with E-state index in [4.69, 9.17) is 13.9 Å². The Hall–Kier alpha value is -1.70. The maximum Gasteiger partial charge on any atom is 0.336 e. The summed E-state index contributed by atoms with van der Waals surface area (Å²) in [7, 11) is -0.927. The fourth-order valence-corrected chi connectivity index (χ4v) is 4.73. The van der Waals surface area contributed by atoms with Gasteiger partial charge < -0.3 is 19.0 Å². The van der Waals surface area contributed by atoms with Gasteiger partial charge in [-0.2, -0.15) is 0 Å². The normalized spacial score (nSPS) is 25.1. The highest BCUT2D eigenvalue weighted by Crippen LogP contribution is 2.44. The van der Waals surface area contributed by atoms with Crippen LogP contribution in [0.5, 0.6) is 0 Å². The van der Waals surface area contributed by atoms with Crippen molar-refractivity contribution >= 4 is 20.3 Å². The minimum Gasteiger partial charge on any atom is -0.466 e. The van der Waals surface area contributed by atoms with Gasteiger partial charge in [-0.1, -0.05) is 52.8 Å². The van der Waals surface area contributed by atoms with E-state index in [2.05, 4.69) is 33.9 Å². The molecule has 0 aliphatic heterocycles. The predicted octanol–water partition coefficient (Wildman–Crippen LogP) is 4.95. The summed E-state index contributed by atoms with van der Waals surface area (Å²) in [5.74, 6) is -2.06. The average Bonchev–Trinajstić information content (AvgIpc) is 2.66. The lowest BCUT2D eigenvalue weighted by Gasteiger charge is -2.45. The fourth-order valence-electron chi connectivity index (χ4n) is 3.39. The van der Waals surface area contributed by atoms with Crippen LogP contribution in [0.2, 0.25) is 18.1 Å². The molecule has 0 saturated heterocycles. The molecule has 182 valence electrons. The summed E-state index contributed by atoms with van der Waals surface area (Å²) < 4.78 is 16.8. The van der Waals surface area contributed by atoms with Crippen LogP contribution in [0.15, 0.2) is 35.5 Å². The topological polar surface area (TPSA) is 82.1 Å². The summed E-state index contributed by atoms with van der Waals surface area (Å²) in [6.45, 7) is 18.5. The lowest BCUT2D eigenvalue weighted by Crippen LogP contribution is -2.54. The highest BCUT2D eigenvalue weighted by Gasteiger charge is 2.52. The summed E-state index contributed by atoms with van der Waals surface area (Å²) in [6, 6.07) is 0. The molecule has 0 spiro atoms. The number of allylic oxidation sites excluding steroid dienone is 3. The van der Waals surface area contributed by atoms with Crippen molar-refractivity contribution in [3.8, 4) is 0 Å². The Balaban J connectivity index is 3.61. The number of methoxy groups -OCH3 is 1. The van der Waals surface area contributed by atoms with Gasteiger partial charge >= 0.3 is 11.9 Å². The number of aliphatic hydroxyl groups is 1. The molecule has 0 saturated carbocycles. The van der Waals surface area contributed by atoms with Crippen molar-refractivity contribution in [3.63, 3.8) is 0 Å². The van der Waals surface area contributed by atoms with Crippen LogP contribution in [-0.2, 0) is 23.5 Å². The molecule has 1 rings (SSSR count). The molecule has 1 aliphatic rings. The molecular weight excluding hydrogens is 424 g/mol. The van der Waals surface area contributed by atoms with Crippen LogP contribution in [-0.4, -0.2) is 50.8 Å². The van der Waals surface area contributed by atoms with E-state index in [1.165, 1.54) is 13.2 Å². The molecular formula is C25H42O6Si. The molecule has 0 heterocycles. The molecule has 0 fully saturated rings. The number of carbonyl (C=O) groups is 2. The Labute approximate surface area is 194 Å². The van der Waals surface area contributed by atoms with E-state index in [1.54, 1.807) is 19.1 Å². The second-order valence-corrected chi connectivity index (χ2v) is 15.1. The van der Waals surface area contributed by atoms with Crippen LogP contribution >= 0.6 is 0 Å². The van der Waals surface area contributed by atoms with Crippen molar-refractivity contribution < 1.29 is 28.6 Å². The van der Waals surface area contributed by atoms with E-state index in [0.29, 0.717) is 0 Å². The summed E-state index contributed by atoms with van der Waals surface area (Å²) in [5, 5.41) is 11.9. The van der Waals surface area contributed by atoms with E-state index in [1.807, 2.05) is 26.8 Å². The highest BCUT2D eigenvalue weighted by molar-refractivity contribution is 6.74. The van der Waals surface area contributed by atoms with Crippen LogP contribution in [0.1, 0.15) is 54.9 Å². The molecule has 1 N–H and O–H groups in total. The maximum absolute atomic E-state index is 12.9. The lowest BCUT2D eigenvalue weighted by atomic mass is 9.71. The molecule has 32 heavy (non-hydrogen) atoms. The first-order valence-corrected chi connectivity index (χ1v) is 14.2. The smallest absolute Gasteiger partial charge is 0.336 e. The van der Waals surface area contributed by atoms with E-state index < -0.39 is 37.9 Å². The van der Waals surface area contributed by atoms with Crippen molar-refractivity contribution in [3.05, 3.63) is 35.5 Å². The third-order valence-corrected chi connectivity index (χ3v) is 10.8. The van der Waals surface area contributed by atoms with Crippen LogP contribution in [0.25, 0.3) is 0 Å². The lowest BCUT2D eigenvalue weighted by molar-refractivity contribution is -0.156. The van der Waals surface area contributed by atoms with Gasteiger partial charge in [0.1, 0.15) is 11.5 Å². The van der Waals surface area contributed by atoms with Crippen molar-refractivity contribution in [2.24, 2.45) is 11.8 Å². The molecule has 3 atom stereocenters. The number of carbonyl (C=O) groups excluding carboxylic acids is 2. The number of hydrogen-bond acceptors (Lipinski definition) is 6. The average molecular weight is 467 g/mol. The minimum atomic E-state index is -2.19. The maximum atomic E-state index is 12.9. The Morgan fingerprint density at radius 1 is 1.31 bits per heavy atom. The summed E-state index contributed by atoms with van der Waals surface area (Å²) >= 11 is 0. The van der Waals surface area contributed by atoms with Gasteiger partial charge in [0.15, 0.2) is 8.32 Å². The standard InChI is InChI=1S/C25H42O6Si/c1-11-30-23(27)20-15-18(4)21(31-32(9,10)24(5,6)7)16-25(20,28)19(22(26)29-8)14-12-13-17(2)3/h12-15,17,20-21,28H,11,16H2,1-10H3/b13-12+,19-14-/t20-,21-,25+/m0/s1. The third kappa shape index (κ3) is 6.65. The van der Waals surface area contributed by atoms with Crippen molar-refractivity contribution in [2.75, 3.05) is 13.7 Å². The Morgan fingerprint density at radius 3 is 2.38 bits per heavy atom. The largest absolute Gasteiger partial charge is 0.466 e. The summed E-state index contributed by atoms with van der Waals surface area (Å²) in [5.41, 5.74) is -0.963. The Morgan fingerprint density at radius 2 is 1.91 bits per heavy atom. The van der Waals surface area contributed by atoms with E-state index >= 15 is 0 Å². The van der Waals surface area contributed by atoms with Crippen molar-refractivity contribution in [1.82, 2.24) is 0 Å². The van der Waals surface area contributed by atoms with Gasteiger partial charge in [0.2, 0.25) is 0 Å². The summed E-state index contributed by atoms with van der Waals surface area (Å²) in [4.78, 5) is 25.6. The highest BCUT2D eigenvalue weighted by atomic mass is 28.4. The molecule has 1 aliphatic carbocycles. The number of hydrogen-bond donors (Lipinski definition) is 1. The first-order chi connectivity index (χ1) is 14.6. The van der Waals surface area contributed by atoms with Crippen molar-refractivity contribution in [2.45, 2.75) is 84.7 Å². The number of ether oxygens (including phenoxy) is 2. The predicted molar refractivity (Wildman–Crippen MR) is 130 cm³/mol. The van der Waals surface area contributed by atoms with Crippen LogP contribution in [0.3, 0.4) is 0 Å². The van der Waals surface area contributed by atoms with Gasteiger partial charge in [-0.05, 0) is 49.5 Å². The monoisotopic (exact) mass is 466 g/mol. The first-order valence-electron chi connectivity index (χ1n) is 11.3. The Bertz CT molecular complexity index is 772. The number of rotatable bonds is 8. The molecule has 7 heteroatoms. The zero-order valence-electron chi connectivity index (χ0n) is 21.4. The Kier molecular flexibility index (Phi) is 9.69. The quantitative estimate of drug-likeness (QED) is 0.179. The molecule has 0 radical (unpaired) electrons. The molecule has 0 aromatic heterocycles. The molecule has 0 amide bonds. The van der Waals surface area contributed by atoms with Crippen LogP contribution < -0.4 is 0 Å². The van der Waals surface area contributed by atoms with Gasteiger partial charge in [-0.15, -0.1) is 0 Å². The molecule has 0 aromatic carbocycles. The molecule has 0 aromatic rings. The van der Waals surface area contributed by atoms with Gasteiger partial charge in [-0.3, -0.25) is 4.79 Å². The second kappa shape index (κ2) is 10.9. The zero-order chi connectivity index (χ0) is 24.9. The van der Waals surface area contributed by atoms with Gasteiger partial charge in [0.05, 0.1) is 25.4 Å². The molecule has 0 bridgehead atoms. The van der Waals surface area contributed by atoms with Gasteiger partial charge in [-0.25, -0.2) is 4.79 Å². The fraction of sp³-hybridized carbons (Fsp3) is 0.680. The van der Waals surface area contributed by atoms with Gasteiger partial charge in [0.25, 0.3) is 0 Å². The van der Waals surface area contributed by atoms with E-state index in [0.717, 1.165) is 5.57 Å². The SMILES string of the molecule is CCOC(=O)[C@@H]1C=C(C)[C@@H](O[Si](C)(C)C(C)(C)C)C[C@@]1(O)/C(=C\C=C\C(C)C)C(=O)OC. The number of esters is 2. The first kappa shape index (κ1) is 28.3. The molecule has 6 nitrogen and oxygen atoms in total. The zero-order valence-corrected chi connectivity index (χ0v) is 22.4. The van der Waals surface area contributed by atoms with Crippen LogP contribution in [0, 0.1) is 11.8 Å². The second-order valence-electron chi connectivity index (χ2n) is 10.3. The van der Waals surface area contributed by atoms with E-state index in [-0.39, 0.29) is 29.6 Å². The molecule has 0 unspecified atom stereocenters. The van der Waals surface area contributed by atoms with Crippen LogP contribution in [0.4, 0.5) is 0 Å². The van der Waals surface area contributed by atoms with Gasteiger partial charge in [0, 0.05) is 6.42 Å². The third-order valence-electron chi connectivity index (χ3n) is 6.36. The minimum absolute atomic E-state index is 0.0162.